The van der Waals surface area contributed by atoms with Crippen molar-refractivity contribution in [3.63, 3.8) is 0 Å². The summed E-state index contributed by atoms with van der Waals surface area (Å²) in [5, 5.41) is 0. The van der Waals surface area contributed by atoms with Crippen LogP contribution < -0.4 is 11.5 Å². The molecule has 0 aliphatic heterocycles. The van der Waals surface area contributed by atoms with Crippen LogP contribution in [0, 0.1) is 0 Å². The molecule has 0 aromatic carbocycles. The Labute approximate surface area is 114 Å². The standard InChI is InChI=1S/C15H33N3/c1-3-5-6-7-8-9-12-18(13-11-16)14-15(17)10-4-2/h4,15H,2-3,5-14,16-17H2,1H3. The molecule has 0 saturated carbocycles. The first-order valence-corrected chi connectivity index (χ1v) is 7.53. The molecule has 0 aliphatic rings. The second-order valence-electron chi connectivity index (χ2n) is 5.14. The summed E-state index contributed by atoms with van der Waals surface area (Å²) >= 11 is 0. The highest BCUT2D eigenvalue weighted by Crippen LogP contribution is 2.06. The Morgan fingerprint density at radius 2 is 1.78 bits per heavy atom. The monoisotopic (exact) mass is 255 g/mol. The van der Waals surface area contributed by atoms with E-state index in [2.05, 4.69) is 18.4 Å². The molecule has 0 heterocycles. The largest absolute Gasteiger partial charge is 0.329 e. The third kappa shape index (κ3) is 10.8. The fraction of sp³-hybridized carbons (Fsp3) is 0.867. The predicted molar refractivity (Wildman–Crippen MR) is 81.7 cm³/mol. The summed E-state index contributed by atoms with van der Waals surface area (Å²) in [5.41, 5.74) is 11.7. The van der Waals surface area contributed by atoms with Crippen LogP contribution in [0.25, 0.3) is 0 Å². The number of hydrogen-bond donors (Lipinski definition) is 2. The van der Waals surface area contributed by atoms with Gasteiger partial charge in [-0.1, -0.05) is 45.1 Å². The third-order valence-electron chi connectivity index (χ3n) is 3.24. The molecule has 0 bridgehead atoms. The zero-order valence-corrected chi connectivity index (χ0v) is 12.2. The molecule has 1 unspecified atom stereocenters. The molecule has 4 N–H and O–H groups in total. The number of rotatable bonds is 13. The van der Waals surface area contributed by atoms with Crippen LogP contribution in [0.15, 0.2) is 12.7 Å². The first kappa shape index (κ1) is 17.6. The van der Waals surface area contributed by atoms with Gasteiger partial charge in [-0.05, 0) is 19.4 Å². The zero-order chi connectivity index (χ0) is 13.6. The Hall–Kier alpha value is -0.380. The minimum atomic E-state index is 0.203. The molecular weight excluding hydrogens is 222 g/mol. The van der Waals surface area contributed by atoms with E-state index in [1.54, 1.807) is 0 Å². The SMILES string of the molecule is C=CCC(N)CN(CCN)CCCCCCCC. The van der Waals surface area contributed by atoms with Crippen LogP contribution in [-0.4, -0.2) is 37.1 Å². The molecule has 0 rings (SSSR count). The van der Waals surface area contributed by atoms with Gasteiger partial charge in [0.2, 0.25) is 0 Å². The summed E-state index contributed by atoms with van der Waals surface area (Å²) < 4.78 is 0. The highest BCUT2D eigenvalue weighted by atomic mass is 15.1. The van der Waals surface area contributed by atoms with Crippen LogP contribution in [0.1, 0.15) is 51.9 Å². The maximum atomic E-state index is 6.03. The van der Waals surface area contributed by atoms with Crippen molar-refractivity contribution in [2.75, 3.05) is 26.2 Å². The van der Waals surface area contributed by atoms with E-state index in [4.69, 9.17) is 11.5 Å². The van der Waals surface area contributed by atoms with E-state index in [1.807, 2.05) is 6.08 Å². The van der Waals surface area contributed by atoms with Crippen molar-refractivity contribution in [2.24, 2.45) is 11.5 Å². The maximum Gasteiger partial charge on any atom is 0.0202 e. The van der Waals surface area contributed by atoms with Gasteiger partial charge in [0.05, 0.1) is 0 Å². The number of hydrogen-bond acceptors (Lipinski definition) is 3. The van der Waals surface area contributed by atoms with Crippen molar-refractivity contribution < 1.29 is 0 Å². The van der Waals surface area contributed by atoms with Crippen LogP contribution in [0.3, 0.4) is 0 Å². The van der Waals surface area contributed by atoms with Gasteiger partial charge < -0.3 is 16.4 Å². The summed E-state index contributed by atoms with van der Waals surface area (Å²) in [7, 11) is 0. The highest BCUT2D eigenvalue weighted by Gasteiger charge is 2.08. The molecule has 0 aromatic rings. The molecule has 0 aromatic heterocycles. The molecule has 0 aliphatic carbocycles. The number of unbranched alkanes of at least 4 members (excludes halogenated alkanes) is 5. The lowest BCUT2D eigenvalue weighted by atomic mass is 10.1. The Morgan fingerprint density at radius 1 is 1.11 bits per heavy atom. The third-order valence-corrected chi connectivity index (χ3v) is 3.24. The molecule has 3 nitrogen and oxygen atoms in total. The van der Waals surface area contributed by atoms with Crippen molar-refractivity contribution in [2.45, 2.75) is 57.9 Å². The van der Waals surface area contributed by atoms with Crippen molar-refractivity contribution in [3.8, 4) is 0 Å². The molecule has 108 valence electrons. The Balaban J connectivity index is 3.65. The lowest BCUT2D eigenvalue weighted by Crippen LogP contribution is -2.40. The normalized spacial score (nSPS) is 12.9. The molecule has 3 heteroatoms. The quantitative estimate of drug-likeness (QED) is 0.393. The number of nitrogens with zero attached hydrogens (tertiary/aromatic N) is 1. The van der Waals surface area contributed by atoms with Crippen LogP contribution in [-0.2, 0) is 0 Å². The average molecular weight is 255 g/mol. The Morgan fingerprint density at radius 3 is 2.39 bits per heavy atom. The number of nitrogens with two attached hydrogens (primary N) is 2. The van der Waals surface area contributed by atoms with E-state index < -0.39 is 0 Å². The van der Waals surface area contributed by atoms with Crippen molar-refractivity contribution in [1.82, 2.24) is 4.90 Å². The van der Waals surface area contributed by atoms with Crippen LogP contribution in [0.4, 0.5) is 0 Å². The fourth-order valence-electron chi connectivity index (χ4n) is 2.21. The average Bonchev–Trinajstić information content (AvgIpc) is 2.34. The van der Waals surface area contributed by atoms with Crippen LogP contribution >= 0.6 is 0 Å². The molecule has 18 heavy (non-hydrogen) atoms. The van der Waals surface area contributed by atoms with Gasteiger partial charge in [0, 0.05) is 25.7 Å². The van der Waals surface area contributed by atoms with E-state index in [9.17, 15) is 0 Å². The lowest BCUT2D eigenvalue weighted by Gasteiger charge is -2.24. The first-order chi connectivity index (χ1) is 8.74. The van der Waals surface area contributed by atoms with Gasteiger partial charge in [-0.15, -0.1) is 6.58 Å². The zero-order valence-electron chi connectivity index (χ0n) is 12.2. The van der Waals surface area contributed by atoms with Gasteiger partial charge in [-0.3, -0.25) is 0 Å². The topological polar surface area (TPSA) is 55.3 Å². The lowest BCUT2D eigenvalue weighted by molar-refractivity contribution is 0.257. The van der Waals surface area contributed by atoms with Crippen molar-refractivity contribution in [3.05, 3.63) is 12.7 Å². The predicted octanol–water partition coefficient (Wildman–Crippen LogP) is 2.51. The second kappa shape index (κ2) is 13.1. The molecular formula is C15H33N3. The van der Waals surface area contributed by atoms with Crippen LogP contribution in [0.2, 0.25) is 0 Å². The van der Waals surface area contributed by atoms with E-state index in [0.29, 0.717) is 0 Å². The van der Waals surface area contributed by atoms with E-state index in [-0.39, 0.29) is 6.04 Å². The van der Waals surface area contributed by atoms with Gasteiger partial charge in [0.15, 0.2) is 0 Å². The minimum absolute atomic E-state index is 0.203. The molecule has 0 fully saturated rings. The summed E-state index contributed by atoms with van der Waals surface area (Å²) in [6.45, 7) is 9.74. The first-order valence-electron chi connectivity index (χ1n) is 7.53. The maximum absolute atomic E-state index is 6.03. The highest BCUT2D eigenvalue weighted by molar-refractivity contribution is 4.78. The van der Waals surface area contributed by atoms with Crippen molar-refractivity contribution in [1.29, 1.82) is 0 Å². The van der Waals surface area contributed by atoms with E-state index in [1.165, 1.54) is 38.5 Å². The van der Waals surface area contributed by atoms with E-state index >= 15 is 0 Å². The van der Waals surface area contributed by atoms with E-state index in [0.717, 1.165) is 32.6 Å². The van der Waals surface area contributed by atoms with Gasteiger partial charge in [0.1, 0.15) is 0 Å². The smallest absolute Gasteiger partial charge is 0.0202 e. The molecule has 0 amide bonds. The fourth-order valence-corrected chi connectivity index (χ4v) is 2.21. The summed E-state index contributed by atoms with van der Waals surface area (Å²) in [5.74, 6) is 0. The van der Waals surface area contributed by atoms with Gasteiger partial charge >= 0.3 is 0 Å². The Kier molecular flexibility index (Phi) is 12.8. The van der Waals surface area contributed by atoms with Gasteiger partial charge in [-0.2, -0.15) is 0 Å². The van der Waals surface area contributed by atoms with Crippen molar-refractivity contribution >= 4 is 0 Å². The van der Waals surface area contributed by atoms with Gasteiger partial charge in [-0.25, -0.2) is 0 Å². The Bertz CT molecular complexity index is 183. The molecule has 0 saturated heterocycles. The molecule has 0 radical (unpaired) electrons. The van der Waals surface area contributed by atoms with Crippen LogP contribution in [0.5, 0.6) is 0 Å². The summed E-state index contributed by atoms with van der Waals surface area (Å²) in [4.78, 5) is 2.40. The molecule has 0 spiro atoms. The van der Waals surface area contributed by atoms with Gasteiger partial charge in [0.25, 0.3) is 0 Å². The summed E-state index contributed by atoms with van der Waals surface area (Å²) in [6.07, 6.45) is 10.8. The second-order valence-corrected chi connectivity index (χ2v) is 5.14. The molecule has 1 atom stereocenters. The summed E-state index contributed by atoms with van der Waals surface area (Å²) in [6, 6.07) is 0.203. The minimum Gasteiger partial charge on any atom is -0.329 e.